The fourth-order valence-corrected chi connectivity index (χ4v) is 4.88. The van der Waals surface area contributed by atoms with E-state index in [4.69, 9.17) is 30.3 Å². The number of hydrogen-bond donors (Lipinski definition) is 6. The molecule has 2 aromatic rings. The molecular weight excluding hydrogens is 537 g/mol. The summed E-state index contributed by atoms with van der Waals surface area (Å²) < 4.78 is 43.0. The number of phosphoric acid groups is 3. The number of aromatic nitrogens is 4. The minimum absolute atomic E-state index is 0. The van der Waals surface area contributed by atoms with E-state index in [2.05, 4.69) is 23.6 Å². The molecule has 1 aliphatic rings. The molecule has 3 heterocycles. The van der Waals surface area contributed by atoms with E-state index in [-0.39, 0.29) is 65.7 Å². The molecule has 2 aromatic heterocycles. The van der Waals surface area contributed by atoms with Crippen molar-refractivity contribution in [2.45, 2.75) is 24.9 Å². The van der Waals surface area contributed by atoms with Gasteiger partial charge in [-0.25, -0.2) is 24.1 Å². The van der Waals surface area contributed by atoms with Crippen LogP contribution < -0.4 is 74.6 Å². The first-order valence-electron chi connectivity index (χ1n) is 7.82. The van der Waals surface area contributed by atoms with Gasteiger partial charge < -0.3 is 49.7 Å². The van der Waals surface area contributed by atoms with Gasteiger partial charge in [-0.2, -0.15) is 4.31 Å². The normalized spacial score (nSPS) is 22.5. The van der Waals surface area contributed by atoms with Gasteiger partial charge in [0.25, 0.3) is 0 Å². The number of aliphatic hydroxyl groups excluding tert-OH is 2. The van der Waals surface area contributed by atoms with Crippen LogP contribution >= 0.6 is 23.5 Å². The Hall–Kier alpha value is 0.640. The molecule has 1 unspecified atom stereocenters. The molecule has 1 saturated heterocycles. The van der Waals surface area contributed by atoms with Crippen LogP contribution in [0.25, 0.3) is 11.2 Å². The van der Waals surface area contributed by atoms with Gasteiger partial charge >= 0.3 is 74.8 Å². The zero-order valence-electron chi connectivity index (χ0n) is 17.0. The Morgan fingerprint density at radius 1 is 1.15 bits per heavy atom. The van der Waals surface area contributed by atoms with Gasteiger partial charge in [-0.05, 0) is 0 Å². The van der Waals surface area contributed by atoms with Crippen molar-refractivity contribution in [1.29, 1.82) is 0 Å². The molecule has 0 amide bonds. The van der Waals surface area contributed by atoms with E-state index < -0.39 is 41.9 Å². The second kappa shape index (κ2) is 13.3. The fraction of sp³-hybridized carbons (Fsp3) is 0.500. The number of rotatable bonds is 6. The molecule has 0 aliphatic carbocycles. The molecule has 0 bridgehead atoms. The first-order valence-corrected chi connectivity index (χ1v) is 12.3. The summed E-state index contributed by atoms with van der Waals surface area (Å²) in [5.74, 6) is 0.302. The molecule has 0 spiro atoms. The number of anilines is 1. The first-order chi connectivity index (χ1) is 14.1. The molecule has 4 atom stereocenters. The Balaban J connectivity index is 0.000000619. The second-order valence-corrected chi connectivity index (χ2v) is 9.89. The van der Waals surface area contributed by atoms with Crippen molar-refractivity contribution in [3.05, 3.63) is 12.7 Å². The molecule has 0 saturated carbocycles. The van der Waals surface area contributed by atoms with Crippen molar-refractivity contribution in [1.82, 2.24) is 19.5 Å². The summed E-state index contributed by atoms with van der Waals surface area (Å²) in [6, 6.07) is 0. The summed E-state index contributed by atoms with van der Waals surface area (Å²) in [5.41, 5.74) is 6.75. The van der Waals surface area contributed by atoms with Crippen LogP contribution in [0, 0.1) is 0 Å². The van der Waals surface area contributed by atoms with Crippen molar-refractivity contribution >= 4 is 40.4 Å². The van der Waals surface area contributed by atoms with Gasteiger partial charge in [0.2, 0.25) is 0 Å². The Morgan fingerprint density at radius 2 is 1.76 bits per heavy atom. The number of hydrogen-bond acceptors (Lipinski definition) is 14. The summed E-state index contributed by atoms with van der Waals surface area (Å²) in [4.78, 5) is 55.6. The third-order valence-corrected chi connectivity index (χ3v) is 6.80. The van der Waals surface area contributed by atoms with E-state index >= 15 is 0 Å². The van der Waals surface area contributed by atoms with E-state index in [0.717, 1.165) is 0 Å². The molecule has 23 heteroatoms. The van der Waals surface area contributed by atoms with E-state index in [1.165, 1.54) is 6.33 Å². The number of nitrogen functional groups attached to an aromatic ring is 1. The van der Waals surface area contributed by atoms with Gasteiger partial charge in [0.15, 0.2) is 11.5 Å². The maximum Gasteiger partial charge on any atom is 1.00 e. The minimum Gasteiger partial charge on any atom is -0.789 e. The van der Waals surface area contributed by atoms with Gasteiger partial charge in [0, 0.05) is 6.42 Å². The summed E-state index contributed by atoms with van der Waals surface area (Å²) >= 11 is 0. The van der Waals surface area contributed by atoms with Crippen molar-refractivity contribution in [3.8, 4) is 0 Å². The van der Waals surface area contributed by atoms with Gasteiger partial charge in [-0.3, -0.25) is 8.88 Å². The molecule has 7 N–H and O–H groups in total. The van der Waals surface area contributed by atoms with Gasteiger partial charge in [0.05, 0.1) is 26.9 Å². The summed E-state index contributed by atoms with van der Waals surface area (Å²) in [6.07, 6.45) is 1.60. The first kappa shape index (κ1) is 33.6. The maximum atomic E-state index is 10.3. The molecule has 176 valence electrons. The molecule has 3 rings (SSSR count). The maximum absolute atomic E-state index is 10.3. The number of fused-ring (bicyclic) bond motifs is 1. The second-order valence-electron chi connectivity index (χ2n) is 5.77. The Bertz CT molecular complexity index is 1030. The van der Waals surface area contributed by atoms with Crippen LogP contribution in [-0.4, -0.2) is 63.2 Å². The third kappa shape index (κ3) is 10.7. The fourth-order valence-electron chi connectivity index (χ4n) is 2.41. The van der Waals surface area contributed by atoms with E-state index in [0.29, 0.717) is 23.4 Å². The minimum atomic E-state index is -5.85. The standard InChI is InChI=1S/C10H13N5O3.2Na.H5O10P3/c11-9-8-10(13-3-12-9)15(4-14-8)7-1-5(17)6(2-16)18-7;;;1-11(2,3)9-13(7,8)10-12(4,5)6/h3-7,16-17H,1-2H2,(H2,11,12,13);;;(H,7,8)(H2,1,2,3)(H2,4,5,6)/q;2*+1;/p-2/t5-,6+,7+;;;/m0.../s1. The number of ether oxygens (including phenoxy) is 1. The van der Waals surface area contributed by atoms with Crippen molar-refractivity contribution in [3.63, 3.8) is 0 Å². The smallest absolute Gasteiger partial charge is 0.789 e. The van der Waals surface area contributed by atoms with Crippen LogP contribution in [0.15, 0.2) is 12.7 Å². The van der Waals surface area contributed by atoms with Crippen LogP contribution in [0.2, 0.25) is 0 Å². The van der Waals surface area contributed by atoms with Crippen molar-refractivity contribution in [2.75, 3.05) is 12.3 Å². The molecule has 0 aromatic carbocycles. The number of imidazole rings is 1. The van der Waals surface area contributed by atoms with E-state index in [1.54, 1.807) is 10.9 Å². The predicted molar refractivity (Wildman–Crippen MR) is 93.0 cm³/mol. The molecule has 33 heavy (non-hydrogen) atoms. The Morgan fingerprint density at radius 3 is 2.24 bits per heavy atom. The van der Waals surface area contributed by atoms with Crippen LogP contribution in [0.5, 0.6) is 0 Å². The van der Waals surface area contributed by atoms with Crippen molar-refractivity contribution in [2.24, 2.45) is 0 Å². The Labute approximate surface area is 229 Å². The SMILES string of the molecule is Nc1ncnc2c1ncn2[C@H]1C[C@H](O)[C@@H](CO)O1.O=P([O-])([O-])OP(=O)(O)OP(=O)(O)O.[Na+].[Na+]. The molecule has 1 aliphatic heterocycles. The van der Waals surface area contributed by atoms with Gasteiger partial charge in [0.1, 0.15) is 24.2 Å². The summed E-state index contributed by atoms with van der Waals surface area (Å²) in [7, 11) is -16.9. The summed E-state index contributed by atoms with van der Waals surface area (Å²) in [6.45, 7) is -0.221. The van der Waals surface area contributed by atoms with Gasteiger partial charge in [-0.15, -0.1) is 0 Å². The largest absolute Gasteiger partial charge is 1.00 e. The average molecular weight is 553 g/mol. The summed E-state index contributed by atoms with van der Waals surface area (Å²) in [5, 5.41) is 18.8. The third-order valence-electron chi connectivity index (χ3n) is 3.49. The molecule has 0 radical (unpaired) electrons. The quantitative estimate of drug-likeness (QED) is 0.143. The molecular formula is C10H16N5Na2O13P3. The van der Waals surface area contributed by atoms with Crippen LogP contribution in [-0.2, 0) is 27.1 Å². The average Bonchev–Trinajstić information content (AvgIpc) is 3.14. The number of nitrogens with zero attached hydrogens (tertiary/aromatic N) is 4. The Kier molecular flexibility index (Phi) is 13.5. The van der Waals surface area contributed by atoms with Crippen LogP contribution in [0.1, 0.15) is 12.6 Å². The topological polar surface area (TPSA) is 296 Å². The van der Waals surface area contributed by atoms with Gasteiger partial charge in [-0.1, -0.05) is 0 Å². The number of aliphatic hydroxyl groups is 2. The predicted octanol–water partition coefficient (Wildman–Crippen LogP) is -8.90. The number of nitrogens with two attached hydrogens (primary N) is 1. The van der Waals surface area contributed by atoms with Crippen molar-refractivity contribution < 1.29 is 121 Å². The molecule has 18 nitrogen and oxygen atoms in total. The zero-order chi connectivity index (χ0) is 23.6. The van der Waals surface area contributed by atoms with E-state index in [9.17, 15) is 28.6 Å². The monoisotopic (exact) mass is 553 g/mol. The van der Waals surface area contributed by atoms with Crippen LogP contribution in [0.3, 0.4) is 0 Å². The van der Waals surface area contributed by atoms with E-state index in [1.807, 2.05) is 0 Å². The van der Waals surface area contributed by atoms with Crippen LogP contribution in [0.4, 0.5) is 5.82 Å². The zero-order valence-corrected chi connectivity index (χ0v) is 23.7. The molecule has 1 fully saturated rings.